The van der Waals surface area contributed by atoms with Crippen LogP contribution in [0.3, 0.4) is 0 Å². The van der Waals surface area contributed by atoms with Crippen molar-refractivity contribution in [2.45, 2.75) is 69.1 Å². The number of hydrogen-bond acceptors (Lipinski definition) is 7. The lowest BCUT2D eigenvalue weighted by atomic mass is 10.0. The number of rotatable bonds is 18. The Morgan fingerprint density at radius 1 is 0.702 bits per heavy atom. The fraction of sp³-hybridized carbons (Fsp3) is 0.364. The van der Waals surface area contributed by atoms with Gasteiger partial charge in [-0.3, -0.25) is 19.2 Å². The van der Waals surface area contributed by atoms with E-state index in [2.05, 4.69) is 25.9 Å². The predicted octanol–water partition coefficient (Wildman–Crippen LogP) is 0.695. The van der Waals surface area contributed by atoms with Gasteiger partial charge in [0.05, 0.1) is 6.04 Å². The van der Waals surface area contributed by atoms with E-state index in [9.17, 15) is 29.1 Å². The molecule has 0 aliphatic carbocycles. The van der Waals surface area contributed by atoms with Crippen LogP contribution in [0.15, 0.2) is 60.9 Å². The first-order valence-electron chi connectivity index (χ1n) is 15.5. The quantitative estimate of drug-likeness (QED) is 0.0694. The highest BCUT2D eigenvalue weighted by molar-refractivity contribution is 5.95. The molecule has 250 valence electrons. The van der Waals surface area contributed by atoms with E-state index in [1.807, 2.05) is 48.5 Å². The van der Waals surface area contributed by atoms with Gasteiger partial charge < -0.3 is 48.2 Å². The second-order valence-corrected chi connectivity index (χ2v) is 11.5. The third-order valence-corrected chi connectivity index (χ3v) is 8.06. The van der Waals surface area contributed by atoms with E-state index >= 15 is 0 Å². The Labute approximate surface area is 271 Å². The molecule has 0 saturated heterocycles. The van der Waals surface area contributed by atoms with Crippen molar-refractivity contribution in [1.29, 1.82) is 0 Å². The molecular weight excluding hydrogens is 604 g/mol. The van der Waals surface area contributed by atoms with Crippen molar-refractivity contribution in [1.82, 2.24) is 25.9 Å². The molecule has 2 heterocycles. The number of nitrogens with two attached hydrogens (primary N) is 3. The van der Waals surface area contributed by atoms with Gasteiger partial charge in [0.2, 0.25) is 23.6 Å². The Bertz CT molecular complexity index is 1720. The highest BCUT2D eigenvalue weighted by Crippen LogP contribution is 2.21. The first-order valence-corrected chi connectivity index (χ1v) is 15.5. The summed E-state index contributed by atoms with van der Waals surface area (Å²) in [4.78, 5) is 70.2. The molecule has 0 radical (unpaired) electrons. The van der Waals surface area contributed by atoms with Crippen molar-refractivity contribution >= 4 is 51.4 Å². The fourth-order valence-corrected chi connectivity index (χ4v) is 5.46. The molecule has 0 aliphatic rings. The number of aromatic amines is 2. The maximum atomic E-state index is 13.8. The van der Waals surface area contributed by atoms with Gasteiger partial charge in [-0.15, -0.1) is 0 Å². The highest BCUT2D eigenvalue weighted by Gasteiger charge is 2.31. The summed E-state index contributed by atoms with van der Waals surface area (Å²) in [7, 11) is 0. The molecule has 0 saturated carbocycles. The van der Waals surface area contributed by atoms with E-state index in [4.69, 9.17) is 17.2 Å². The van der Waals surface area contributed by atoms with E-state index in [0.29, 0.717) is 24.9 Å². The van der Waals surface area contributed by atoms with Gasteiger partial charge in [-0.05, 0) is 55.5 Å². The lowest BCUT2D eigenvalue weighted by molar-refractivity contribution is -0.142. The number of nitrogens with one attached hydrogen (secondary N) is 5. The Morgan fingerprint density at radius 3 is 1.77 bits per heavy atom. The number of aliphatic carboxylic acids is 1. The van der Waals surface area contributed by atoms with Crippen molar-refractivity contribution in [3.05, 3.63) is 72.1 Å². The van der Waals surface area contributed by atoms with Gasteiger partial charge in [-0.2, -0.15) is 0 Å². The minimum absolute atomic E-state index is 0.0109. The van der Waals surface area contributed by atoms with E-state index < -0.39 is 53.8 Å². The van der Waals surface area contributed by atoms with Gasteiger partial charge in [0.15, 0.2) is 0 Å². The van der Waals surface area contributed by atoms with Crippen molar-refractivity contribution in [2.24, 2.45) is 17.2 Å². The van der Waals surface area contributed by atoms with Crippen LogP contribution in [0.4, 0.5) is 0 Å². The number of benzene rings is 2. The number of hydrogen-bond donors (Lipinski definition) is 9. The summed E-state index contributed by atoms with van der Waals surface area (Å²) in [5.74, 6) is -3.86. The monoisotopic (exact) mass is 646 g/mol. The Hall–Kier alpha value is -5.21. The molecule has 2 aromatic carbocycles. The molecule has 4 amide bonds. The summed E-state index contributed by atoms with van der Waals surface area (Å²) in [6.07, 6.45) is 4.61. The molecule has 47 heavy (non-hydrogen) atoms. The van der Waals surface area contributed by atoms with Crippen LogP contribution < -0.4 is 33.2 Å². The van der Waals surface area contributed by atoms with Gasteiger partial charge in [-0.1, -0.05) is 36.4 Å². The van der Waals surface area contributed by atoms with Crippen molar-refractivity contribution in [3.63, 3.8) is 0 Å². The maximum absolute atomic E-state index is 13.8. The Kier molecular flexibility index (Phi) is 12.1. The second kappa shape index (κ2) is 16.4. The molecule has 14 nitrogen and oxygen atoms in total. The van der Waals surface area contributed by atoms with E-state index in [1.54, 1.807) is 12.4 Å². The Morgan fingerprint density at radius 2 is 1.21 bits per heavy atom. The van der Waals surface area contributed by atoms with E-state index in [-0.39, 0.29) is 32.1 Å². The standard InChI is InChI=1S/C33H42N8O6/c34-14-6-5-11-26(31(44)41-28(33(46)47)16-20-18-38-25-10-4-2-8-22(20)25)39-32(45)27(40-30(43)23(35)12-13-29(36)42)15-19-17-37-24-9-3-1-7-21(19)24/h1-4,7-10,17-18,23,26-28,37-38H,5-6,11-16,34-35H2,(H2,36,42)(H,39,45)(H,40,43)(H,41,44)(H,46,47). The lowest BCUT2D eigenvalue weighted by Crippen LogP contribution is -2.57. The topological polar surface area (TPSA) is 251 Å². The molecule has 2 aromatic heterocycles. The zero-order valence-corrected chi connectivity index (χ0v) is 26.0. The first-order chi connectivity index (χ1) is 22.6. The molecule has 4 unspecified atom stereocenters. The van der Waals surface area contributed by atoms with E-state index in [1.165, 1.54) is 0 Å². The zero-order chi connectivity index (χ0) is 33.9. The average molecular weight is 647 g/mol. The van der Waals surface area contributed by atoms with Crippen LogP contribution in [0.5, 0.6) is 0 Å². The maximum Gasteiger partial charge on any atom is 0.326 e. The number of carbonyl (C=O) groups excluding carboxylic acids is 4. The number of carbonyl (C=O) groups is 5. The van der Waals surface area contributed by atoms with Gasteiger partial charge in [0.1, 0.15) is 18.1 Å². The third kappa shape index (κ3) is 9.40. The molecule has 14 heteroatoms. The molecular formula is C33H42N8O6. The molecule has 0 bridgehead atoms. The number of carboxylic acids is 1. The number of aromatic nitrogens is 2. The highest BCUT2D eigenvalue weighted by atomic mass is 16.4. The number of para-hydroxylation sites is 2. The van der Waals surface area contributed by atoms with Crippen LogP contribution in [0.25, 0.3) is 21.8 Å². The summed E-state index contributed by atoms with van der Waals surface area (Å²) in [5.41, 5.74) is 20.0. The Balaban J connectivity index is 1.54. The molecule has 4 aromatic rings. The van der Waals surface area contributed by atoms with Crippen LogP contribution in [0, 0.1) is 0 Å². The minimum atomic E-state index is -1.28. The van der Waals surface area contributed by atoms with Crippen molar-refractivity contribution < 1.29 is 29.1 Å². The predicted molar refractivity (Wildman–Crippen MR) is 177 cm³/mol. The van der Waals surface area contributed by atoms with Gasteiger partial charge >= 0.3 is 5.97 Å². The number of unbranched alkanes of at least 4 members (excludes halogenated alkanes) is 1. The lowest BCUT2D eigenvalue weighted by Gasteiger charge is -2.25. The molecule has 0 aliphatic heterocycles. The van der Waals surface area contributed by atoms with Crippen LogP contribution in [0.1, 0.15) is 43.2 Å². The van der Waals surface area contributed by atoms with Crippen molar-refractivity contribution in [2.75, 3.05) is 6.54 Å². The zero-order valence-electron chi connectivity index (χ0n) is 26.0. The number of primary amides is 1. The van der Waals surface area contributed by atoms with Gasteiger partial charge in [-0.25, -0.2) is 4.79 Å². The van der Waals surface area contributed by atoms with Gasteiger partial charge in [0.25, 0.3) is 0 Å². The van der Waals surface area contributed by atoms with Gasteiger partial charge in [0, 0.05) is 53.5 Å². The van der Waals surface area contributed by atoms with Crippen LogP contribution in [0.2, 0.25) is 0 Å². The molecule has 0 fully saturated rings. The molecule has 4 rings (SSSR count). The van der Waals surface area contributed by atoms with Crippen LogP contribution >= 0.6 is 0 Å². The smallest absolute Gasteiger partial charge is 0.326 e. The minimum Gasteiger partial charge on any atom is -0.480 e. The van der Waals surface area contributed by atoms with E-state index in [0.717, 1.165) is 27.4 Å². The third-order valence-electron chi connectivity index (χ3n) is 8.06. The largest absolute Gasteiger partial charge is 0.480 e. The van der Waals surface area contributed by atoms with Crippen LogP contribution in [-0.2, 0) is 36.8 Å². The molecule has 0 spiro atoms. The molecule has 4 atom stereocenters. The normalized spacial score (nSPS) is 13.8. The average Bonchev–Trinajstić information content (AvgIpc) is 3.66. The summed E-state index contributed by atoms with van der Waals surface area (Å²) < 4.78 is 0. The SMILES string of the molecule is NCCCCC(NC(=O)C(Cc1c[nH]c2ccccc12)NC(=O)C(N)CCC(N)=O)C(=O)NC(Cc1c[nH]c2ccccc12)C(=O)O. The summed E-state index contributed by atoms with van der Waals surface area (Å²) in [5, 5.41) is 19.7. The summed E-state index contributed by atoms with van der Waals surface area (Å²) >= 11 is 0. The van der Waals surface area contributed by atoms with Crippen molar-refractivity contribution in [3.8, 4) is 0 Å². The number of amides is 4. The number of carboxylic acid groups (broad SMARTS) is 1. The summed E-state index contributed by atoms with van der Waals surface area (Å²) in [6, 6.07) is 10.2. The second-order valence-electron chi connectivity index (χ2n) is 11.5. The molecule has 12 N–H and O–H groups in total. The number of H-pyrrole nitrogens is 2. The first kappa shape index (κ1) is 34.7. The van der Waals surface area contributed by atoms with Crippen LogP contribution in [-0.4, -0.2) is 75.4 Å². The summed E-state index contributed by atoms with van der Waals surface area (Å²) in [6.45, 7) is 0.364. The fourth-order valence-electron chi connectivity index (χ4n) is 5.46. The number of fused-ring (bicyclic) bond motifs is 2.